The molecule has 1 rings (SSSR count). The third kappa shape index (κ3) is 4.27. The van der Waals surface area contributed by atoms with E-state index in [0.29, 0.717) is 0 Å². The minimum Gasteiger partial charge on any atom is -0.246 e. The van der Waals surface area contributed by atoms with Crippen LogP contribution in [0.2, 0.25) is 18.1 Å². The smallest absolute Gasteiger partial charge is 0.246 e. The van der Waals surface area contributed by atoms with Gasteiger partial charge in [-0.25, -0.2) is 8.96 Å². The van der Waals surface area contributed by atoms with E-state index in [1.165, 1.54) is 8.28 Å². The van der Waals surface area contributed by atoms with E-state index in [-0.39, 0.29) is 5.04 Å². The first-order valence-corrected chi connectivity index (χ1v) is 13.4. The monoisotopic (exact) mass is 423 g/mol. The molecule has 0 saturated carbocycles. The molecule has 134 valence electrons. The predicted molar refractivity (Wildman–Crippen MR) is 104 cm³/mol. The first kappa shape index (κ1) is 20.9. The fraction of sp³-hybridized carbons (Fsp3) is 0.800. The maximum Gasteiger partial charge on any atom is 0.308 e. The van der Waals surface area contributed by atoms with Gasteiger partial charge in [-0.2, -0.15) is 12.7 Å². The van der Waals surface area contributed by atoms with Crippen molar-refractivity contribution in [2.45, 2.75) is 58.2 Å². The van der Waals surface area contributed by atoms with E-state index in [4.69, 9.17) is 0 Å². The molecule has 1 heterocycles. The summed E-state index contributed by atoms with van der Waals surface area (Å²) in [5.41, 5.74) is 1.53. The van der Waals surface area contributed by atoms with Crippen LogP contribution in [0.3, 0.4) is 0 Å². The van der Waals surface area contributed by atoms with Crippen LogP contribution in [-0.4, -0.2) is 49.2 Å². The second kappa shape index (κ2) is 7.37. The molecule has 0 radical (unpaired) electrons. The zero-order valence-electron chi connectivity index (χ0n) is 15.4. The van der Waals surface area contributed by atoms with Gasteiger partial charge in [0.2, 0.25) is 0 Å². The van der Waals surface area contributed by atoms with Gasteiger partial charge >= 0.3 is 10.2 Å². The van der Waals surface area contributed by atoms with Gasteiger partial charge in [-0.05, 0) is 24.3 Å². The van der Waals surface area contributed by atoms with Crippen molar-refractivity contribution < 1.29 is 8.42 Å². The van der Waals surface area contributed by atoms with Gasteiger partial charge in [-0.3, -0.25) is 0 Å². The van der Waals surface area contributed by atoms with E-state index >= 15 is 0 Å². The fourth-order valence-electron chi connectivity index (χ4n) is 2.11. The van der Waals surface area contributed by atoms with Gasteiger partial charge in [0.1, 0.15) is 13.5 Å². The molecule has 0 atom stereocenters. The molecule has 0 unspecified atom stereocenters. The summed E-state index contributed by atoms with van der Waals surface area (Å²) >= 11 is 3.43. The fourth-order valence-corrected chi connectivity index (χ4v) is 6.28. The predicted octanol–water partition coefficient (Wildman–Crippen LogP) is 2.97. The summed E-state index contributed by atoms with van der Waals surface area (Å²) in [4.78, 5) is 4.59. The number of nitrogens with zero attached hydrogens (tertiary/aromatic N) is 3. The van der Waals surface area contributed by atoms with Crippen molar-refractivity contribution in [3.05, 3.63) is 11.9 Å². The molecule has 0 aliphatic rings. The van der Waals surface area contributed by atoms with Crippen LogP contribution < -0.4 is 5.45 Å². The Morgan fingerprint density at radius 2 is 1.83 bits per heavy atom. The molecule has 0 aliphatic heterocycles. The molecule has 0 aliphatic carbocycles. The molecule has 0 bridgehead atoms. The molecule has 1 aromatic rings. The number of unbranched alkanes of at least 4 members (excludes halogenated alkanes) is 1. The molecule has 0 N–H and O–H groups in total. The zero-order valence-corrected chi connectivity index (χ0v) is 18.8. The van der Waals surface area contributed by atoms with Gasteiger partial charge in [0, 0.05) is 25.6 Å². The van der Waals surface area contributed by atoms with Crippen LogP contribution in [0.15, 0.2) is 6.20 Å². The normalized spacial score (nSPS) is 13.8. The van der Waals surface area contributed by atoms with E-state index in [1.807, 2.05) is 0 Å². The van der Waals surface area contributed by atoms with Gasteiger partial charge in [0.05, 0.1) is 5.69 Å². The Morgan fingerprint density at radius 1 is 1.26 bits per heavy atom. The lowest BCUT2D eigenvalue weighted by atomic mass is 10.2. The number of rotatable bonds is 7. The summed E-state index contributed by atoms with van der Waals surface area (Å²) in [6.07, 6.45) is 4.44. The number of hydrogen-bond acceptors (Lipinski definition) is 3. The summed E-state index contributed by atoms with van der Waals surface area (Å²) in [7, 11) is -2.48. The molecule has 0 aromatic carbocycles. The van der Waals surface area contributed by atoms with Crippen LogP contribution in [0.1, 0.15) is 39.3 Å². The highest BCUT2D eigenvalue weighted by molar-refractivity contribution is 9.09. The van der Waals surface area contributed by atoms with Crippen LogP contribution >= 0.6 is 15.9 Å². The van der Waals surface area contributed by atoms with Crippen molar-refractivity contribution in [3.63, 3.8) is 0 Å². The molecule has 0 saturated heterocycles. The highest BCUT2D eigenvalue weighted by Crippen LogP contribution is 2.35. The summed E-state index contributed by atoms with van der Waals surface area (Å²) in [6.45, 7) is 10.9. The standard InChI is InChI=1S/C15H30BrN3O2SSi/c1-15(2,3)23(6,7)14-17-12-13(10-8-9-11-16)19(14)22(20,21)18(4)5/h12H,8-11H2,1-7H3. The maximum atomic E-state index is 12.9. The van der Waals surface area contributed by atoms with Crippen molar-refractivity contribution in [2.24, 2.45) is 0 Å². The number of aromatic nitrogens is 2. The lowest BCUT2D eigenvalue weighted by Crippen LogP contribution is -2.56. The van der Waals surface area contributed by atoms with Gasteiger partial charge in [0.25, 0.3) is 0 Å². The minimum absolute atomic E-state index is 0.0189. The number of hydrogen-bond donors (Lipinski definition) is 0. The quantitative estimate of drug-likeness (QED) is 0.384. The van der Waals surface area contributed by atoms with Crippen LogP contribution in [0.5, 0.6) is 0 Å². The molecular formula is C15H30BrN3O2SSi. The SMILES string of the molecule is CN(C)S(=O)(=O)n1c(CCCCBr)cnc1[Si](C)(C)C(C)(C)C. The second-order valence-corrected chi connectivity index (χ2v) is 15.6. The largest absolute Gasteiger partial charge is 0.308 e. The van der Waals surface area contributed by atoms with Crippen LogP contribution in [0.4, 0.5) is 0 Å². The van der Waals surface area contributed by atoms with Crippen molar-refractivity contribution >= 4 is 39.7 Å². The Balaban J connectivity index is 3.50. The van der Waals surface area contributed by atoms with Crippen molar-refractivity contribution in [1.82, 2.24) is 13.3 Å². The Bertz CT molecular complexity index is 634. The van der Waals surface area contributed by atoms with Gasteiger partial charge < -0.3 is 0 Å². The number of alkyl halides is 1. The molecule has 1 aromatic heterocycles. The summed E-state index contributed by atoms with van der Waals surface area (Å²) < 4.78 is 28.6. The van der Waals surface area contributed by atoms with Crippen molar-refractivity contribution in [2.75, 3.05) is 19.4 Å². The maximum absolute atomic E-state index is 12.9. The average Bonchev–Trinajstić information content (AvgIpc) is 2.82. The number of imidazole rings is 1. The average molecular weight is 424 g/mol. The molecule has 0 spiro atoms. The number of aryl methyl sites for hydroxylation is 1. The molecule has 23 heavy (non-hydrogen) atoms. The molecular weight excluding hydrogens is 394 g/mol. The van der Waals surface area contributed by atoms with Gasteiger partial charge in [0.15, 0.2) is 0 Å². The van der Waals surface area contributed by atoms with E-state index in [1.54, 1.807) is 20.3 Å². The first-order valence-electron chi connectivity index (χ1n) is 7.93. The third-order valence-corrected chi connectivity index (χ3v) is 12.5. The first-order chi connectivity index (χ1) is 10.4. The van der Waals surface area contributed by atoms with Crippen LogP contribution in [0, 0.1) is 0 Å². The summed E-state index contributed by atoms with van der Waals surface area (Å²) in [6, 6.07) is 0. The number of halogens is 1. The topological polar surface area (TPSA) is 55.2 Å². The Morgan fingerprint density at radius 3 is 2.26 bits per heavy atom. The summed E-state index contributed by atoms with van der Waals surface area (Å²) in [5.74, 6) is 0. The van der Waals surface area contributed by atoms with E-state index in [2.05, 4.69) is 54.8 Å². The van der Waals surface area contributed by atoms with Crippen molar-refractivity contribution in [3.8, 4) is 0 Å². The Labute approximate surface area is 150 Å². The third-order valence-electron chi connectivity index (χ3n) is 4.73. The summed E-state index contributed by atoms with van der Waals surface area (Å²) in [5, 5.41) is 0.946. The van der Waals surface area contributed by atoms with E-state index in [9.17, 15) is 8.42 Å². The Kier molecular flexibility index (Phi) is 6.68. The second-order valence-electron chi connectivity index (χ2n) is 7.65. The minimum atomic E-state index is -3.56. The highest BCUT2D eigenvalue weighted by atomic mass is 79.9. The highest BCUT2D eigenvalue weighted by Gasteiger charge is 2.43. The molecule has 5 nitrogen and oxygen atoms in total. The van der Waals surface area contributed by atoms with Crippen LogP contribution in [0.25, 0.3) is 0 Å². The van der Waals surface area contributed by atoms with Crippen molar-refractivity contribution in [1.29, 1.82) is 0 Å². The van der Waals surface area contributed by atoms with E-state index in [0.717, 1.165) is 35.7 Å². The van der Waals surface area contributed by atoms with Crippen LogP contribution in [-0.2, 0) is 16.6 Å². The van der Waals surface area contributed by atoms with Gasteiger partial charge in [-0.15, -0.1) is 0 Å². The molecule has 8 heteroatoms. The molecule has 0 amide bonds. The zero-order chi connectivity index (χ0) is 18.1. The van der Waals surface area contributed by atoms with Gasteiger partial charge in [-0.1, -0.05) is 49.8 Å². The lowest BCUT2D eigenvalue weighted by Gasteiger charge is -2.36. The Hall–Kier alpha value is -0.183. The van der Waals surface area contributed by atoms with E-state index < -0.39 is 18.3 Å². The molecule has 0 fully saturated rings. The lowest BCUT2D eigenvalue weighted by molar-refractivity contribution is 0.509.